The van der Waals surface area contributed by atoms with Crippen molar-refractivity contribution in [2.75, 3.05) is 13.1 Å². The molecule has 0 aliphatic rings. The van der Waals surface area contributed by atoms with Crippen LogP contribution in [0.4, 0.5) is 0 Å². The van der Waals surface area contributed by atoms with Crippen LogP contribution in [-0.4, -0.2) is 23.8 Å². The Morgan fingerprint density at radius 1 is 1.21 bits per heavy atom. The Morgan fingerprint density at radius 2 is 1.84 bits per heavy atom. The molecule has 0 saturated heterocycles. The first-order valence-electron chi connectivity index (χ1n) is 6.54. The smallest absolute Gasteiger partial charge is 0.195 e. The highest BCUT2D eigenvalue weighted by Crippen LogP contribution is 2.15. The Hall–Kier alpha value is -2.03. The van der Waals surface area contributed by atoms with Gasteiger partial charge in [0, 0.05) is 13.1 Å². The van der Waals surface area contributed by atoms with Gasteiger partial charge in [0.1, 0.15) is 5.75 Å². The van der Waals surface area contributed by atoms with E-state index >= 15 is 0 Å². The topological polar surface area (TPSA) is 29.5 Å². The summed E-state index contributed by atoms with van der Waals surface area (Å²) in [5.74, 6) is 1.56. The molecule has 0 aliphatic carbocycles. The summed E-state index contributed by atoms with van der Waals surface area (Å²) >= 11 is 0. The predicted octanol–water partition coefficient (Wildman–Crippen LogP) is 3.39. The maximum atomic E-state index is 10.9. The van der Waals surface area contributed by atoms with Crippen molar-refractivity contribution in [2.45, 2.75) is 20.8 Å². The highest BCUT2D eigenvalue weighted by atomic mass is 16.5. The maximum Gasteiger partial charge on any atom is 0.195 e. The van der Waals surface area contributed by atoms with Gasteiger partial charge in [0.15, 0.2) is 11.7 Å². The summed E-state index contributed by atoms with van der Waals surface area (Å²) in [6, 6.07) is 9.63. The van der Waals surface area contributed by atoms with Gasteiger partial charge in [-0.15, -0.1) is 0 Å². The zero-order chi connectivity index (χ0) is 14.1. The highest BCUT2D eigenvalue weighted by Gasteiger charge is 2.07. The second-order valence-corrected chi connectivity index (χ2v) is 4.06. The van der Waals surface area contributed by atoms with Crippen molar-refractivity contribution in [2.24, 2.45) is 0 Å². The van der Waals surface area contributed by atoms with E-state index in [1.807, 2.05) is 36.4 Å². The average Bonchev–Trinajstić information content (AvgIpc) is 2.40. The lowest BCUT2D eigenvalue weighted by molar-refractivity contribution is -0.112. The average molecular weight is 259 g/mol. The van der Waals surface area contributed by atoms with Crippen LogP contribution in [0, 0.1) is 0 Å². The van der Waals surface area contributed by atoms with Crippen molar-refractivity contribution in [1.29, 1.82) is 0 Å². The SMILES string of the molecule is CCN(CC)/C(=C/C=C/C(C)=O)Oc1ccccc1. The number of carbonyl (C=O) groups is 1. The van der Waals surface area contributed by atoms with E-state index in [4.69, 9.17) is 4.74 Å². The Labute approximate surface area is 115 Å². The van der Waals surface area contributed by atoms with Crippen LogP contribution < -0.4 is 4.74 Å². The van der Waals surface area contributed by atoms with Crippen molar-refractivity contribution in [1.82, 2.24) is 4.90 Å². The number of hydrogen-bond donors (Lipinski definition) is 0. The molecule has 1 aromatic rings. The zero-order valence-electron chi connectivity index (χ0n) is 11.8. The molecule has 0 atom stereocenters. The van der Waals surface area contributed by atoms with Crippen LogP contribution in [0.5, 0.6) is 5.75 Å². The normalized spacial score (nSPS) is 11.6. The summed E-state index contributed by atoms with van der Waals surface area (Å²) in [4.78, 5) is 13.0. The minimum Gasteiger partial charge on any atom is -0.441 e. The zero-order valence-corrected chi connectivity index (χ0v) is 11.8. The number of ketones is 1. The Balaban J connectivity index is 2.89. The maximum absolute atomic E-state index is 10.9. The second-order valence-electron chi connectivity index (χ2n) is 4.06. The molecule has 3 nitrogen and oxygen atoms in total. The fourth-order valence-corrected chi connectivity index (χ4v) is 1.61. The first-order valence-corrected chi connectivity index (χ1v) is 6.54. The Morgan fingerprint density at radius 3 is 2.37 bits per heavy atom. The molecule has 0 heterocycles. The van der Waals surface area contributed by atoms with Crippen LogP contribution in [0.3, 0.4) is 0 Å². The number of allylic oxidation sites excluding steroid dienone is 3. The van der Waals surface area contributed by atoms with Gasteiger partial charge in [0.25, 0.3) is 0 Å². The molecule has 0 fully saturated rings. The molecule has 0 amide bonds. The number of hydrogen-bond acceptors (Lipinski definition) is 3. The van der Waals surface area contributed by atoms with Gasteiger partial charge < -0.3 is 9.64 Å². The summed E-state index contributed by atoms with van der Waals surface area (Å²) in [5, 5.41) is 0. The van der Waals surface area contributed by atoms with Crippen LogP contribution in [0.15, 0.2) is 54.4 Å². The molecule has 19 heavy (non-hydrogen) atoms. The Bertz CT molecular complexity index is 445. The van der Waals surface area contributed by atoms with Gasteiger partial charge >= 0.3 is 0 Å². The molecule has 0 bridgehead atoms. The molecule has 0 saturated carbocycles. The minimum absolute atomic E-state index is 0.0230. The van der Waals surface area contributed by atoms with Crippen molar-refractivity contribution < 1.29 is 9.53 Å². The highest BCUT2D eigenvalue weighted by molar-refractivity contribution is 5.87. The number of nitrogens with zero attached hydrogens (tertiary/aromatic N) is 1. The molecule has 1 aromatic carbocycles. The quantitative estimate of drug-likeness (QED) is 0.427. The molecule has 102 valence electrons. The third-order valence-corrected chi connectivity index (χ3v) is 2.61. The van der Waals surface area contributed by atoms with Crippen LogP contribution in [0.1, 0.15) is 20.8 Å². The molecule has 0 N–H and O–H groups in total. The standard InChI is InChI=1S/C16H21NO2/c1-4-17(5-2)16(13-9-10-14(3)18)19-15-11-7-6-8-12-15/h6-13H,4-5H2,1-3H3/b10-9+,16-13-. The number of benzene rings is 1. The lowest BCUT2D eigenvalue weighted by Crippen LogP contribution is -2.25. The van der Waals surface area contributed by atoms with Crippen molar-refractivity contribution in [3.8, 4) is 5.75 Å². The third-order valence-electron chi connectivity index (χ3n) is 2.61. The summed E-state index contributed by atoms with van der Waals surface area (Å²) < 4.78 is 5.86. The number of carbonyl (C=O) groups excluding carboxylic acids is 1. The molecular formula is C16H21NO2. The predicted molar refractivity (Wildman–Crippen MR) is 77.9 cm³/mol. The minimum atomic E-state index is 0.0230. The van der Waals surface area contributed by atoms with Gasteiger partial charge in [-0.2, -0.15) is 0 Å². The number of ether oxygens (including phenoxy) is 1. The summed E-state index contributed by atoms with van der Waals surface area (Å²) in [7, 11) is 0. The van der Waals surface area contributed by atoms with Crippen molar-refractivity contribution in [3.63, 3.8) is 0 Å². The van der Waals surface area contributed by atoms with E-state index in [2.05, 4.69) is 18.7 Å². The second kappa shape index (κ2) is 8.14. The van der Waals surface area contributed by atoms with Gasteiger partial charge in [-0.1, -0.05) is 24.3 Å². The van der Waals surface area contributed by atoms with Gasteiger partial charge in [0.2, 0.25) is 0 Å². The van der Waals surface area contributed by atoms with E-state index in [-0.39, 0.29) is 5.78 Å². The van der Waals surface area contributed by atoms with Crippen LogP contribution in [-0.2, 0) is 4.79 Å². The third kappa shape index (κ3) is 5.42. The van der Waals surface area contributed by atoms with E-state index in [1.54, 1.807) is 6.08 Å². The van der Waals surface area contributed by atoms with Gasteiger partial charge in [-0.3, -0.25) is 4.79 Å². The number of para-hydroxylation sites is 1. The summed E-state index contributed by atoms with van der Waals surface area (Å²) in [5.41, 5.74) is 0. The van der Waals surface area contributed by atoms with Crippen LogP contribution in [0.25, 0.3) is 0 Å². The van der Waals surface area contributed by atoms with Crippen LogP contribution >= 0.6 is 0 Å². The molecule has 0 unspecified atom stereocenters. The van der Waals surface area contributed by atoms with Crippen molar-refractivity contribution in [3.05, 3.63) is 54.4 Å². The molecule has 0 radical (unpaired) electrons. The molecule has 1 rings (SSSR count). The fraction of sp³-hybridized carbons (Fsp3) is 0.312. The molecule has 0 spiro atoms. The molecule has 0 aliphatic heterocycles. The first kappa shape index (κ1) is 15.0. The fourth-order valence-electron chi connectivity index (χ4n) is 1.61. The molecular weight excluding hydrogens is 238 g/mol. The van der Waals surface area contributed by atoms with E-state index in [0.29, 0.717) is 0 Å². The van der Waals surface area contributed by atoms with E-state index < -0.39 is 0 Å². The van der Waals surface area contributed by atoms with Crippen molar-refractivity contribution >= 4 is 5.78 Å². The van der Waals surface area contributed by atoms with Gasteiger partial charge in [-0.05, 0) is 45.1 Å². The Kier molecular flexibility index (Phi) is 6.44. The van der Waals surface area contributed by atoms with Gasteiger partial charge in [-0.25, -0.2) is 0 Å². The molecule has 3 heteroatoms. The van der Waals surface area contributed by atoms with Crippen LogP contribution in [0.2, 0.25) is 0 Å². The lowest BCUT2D eigenvalue weighted by Gasteiger charge is -2.23. The summed E-state index contributed by atoms with van der Waals surface area (Å²) in [6.07, 6.45) is 5.07. The number of rotatable bonds is 7. The summed E-state index contributed by atoms with van der Waals surface area (Å²) in [6.45, 7) is 7.37. The lowest BCUT2D eigenvalue weighted by atomic mass is 10.3. The van der Waals surface area contributed by atoms with Gasteiger partial charge in [0.05, 0.1) is 0 Å². The largest absolute Gasteiger partial charge is 0.441 e. The first-order chi connectivity index (χ1) is 9.17. The monoisotopic (exact) mass is 259 g/mol. The van der Waals surface area contributed by atoms with E-state index in [1.165, 1.54) is 13.0 Å². The van der Waals surface area contributed by atoms with E-state index in [9.17, 15) is 4.79 Å². The molecule has 0 aromatic heterocycles. The van der Waals surface area contributed by atoms with E-state index in [0.717, 1.165) is 24.7 Å².